The minimum atomic E-state index is -3.04. The highest BCUT2D eigenvalue weighted by Crippen LogP contribution is 2.28. The first kappa shape index (κ1) is 18.3. The lowest BCUT2D eigenvalue weighted by atomic mass is 10.2. The summed E-state index contributed by atoms with van der Waals surface area (Å²) in [7, 11) is 0. The van der Waals surface area contributed by atoms with Crippen LogP contribution in [0.25, 0.3) is 0 Å². The number of amides is 1. The number of hydrogen-bond acceptors (Lipinski definition) is 5. The number of aromatic nitrogens is 2. The number of rotatable bonds is 6. The fourth-order valence-corrected chi connectivity index (χ4v) is 2.15. The summed E-state index contributed by atoms with van der Waals surface area (Å²) < 4.78 is 30.5. The van der Waals surface area contributed by atoms with E-state index in [-0.39, 0.29) is 22.8 Å². The molecule has 1 unspecified atom stereocenters. The molecular weight excluding hydrogens is 338 g/mol. The first-order valence-corrected chi connectivity index (χ1v) is 7.25. The van der Waals surface area contributed by atoms with Crippen LogP contribution < -0.4 is 10.1 Å². The molecular formula is C15H16F2N4O4. The molecule has 1 aromatic heterocycles. The zero-order valence-corrected chi connectivity index (χ0v) is 13.7. The van der Waals surface area contributed by atoms with Gasteiger partial charge in [0.05, 0.1) is 10.6 Å². The van der Waals surface area contributed by atoms with Gasteiger partial charge in [-0.3, -0.25) is 19.6 Å². The van der Waals surface area contributed by atoms with E-state index in [9.17, 15) is 23.7 Å². The number of nitro groups is 1. The maximum atomic E-state index is 12.5. The highest BCUT2D eigenvalue weighted by Gasteiger charge is 2.23. The Labute approximate surface area is 141 Å². The molecule has 0 saturated carbocycles. The van der Waals surface area contributed by atoms with Gasteiger partial charge in [0.1, 0.15) is 23.7 Å². The van der Waals surface area contributed by atoms with E-state index in [0.29, 0.717) is 0 Å². The molecule has 2 aromatic rings. The van der Waals surface area contributed by atoms with Gasteiger partial charge in [-0.25, -0.2) is 0 Å². The quantitative estimate of drug-likeness (QED) is 0.634. The van der Waals surface area contributed by atoms with Crippen LogP contribution in [0.15, 0.2) is 24.4 Å². The van der Waals surface area contributed by atoms with Crippen molar-refractivity contribution in [3.63, 3.8) is 0 Å². The van der Waals surface area contributed by atoms with Crippen molar-refractivity contribution in [1.29, 1.82) is 0 Å². The van der Waals surface area contributed by atoms with E-state index in [0.717, 1.165) is 16.4 Å². The van der Waals surface area contributed by atoms with Crippen LogP contribution in [0.3, 0.4) is 0 Å². The van der Waals surface area contributed by atoms with Gasteiger partial charge in [0.2, 0.25) is 5.91 Å². The summed E-state index contributed by atoms with van der Waals surface area (Å²) in [6.07, 6.45) is 1.15. The average molecular weight is 354 g/mol. The van der Waals surface area contributed by atoms with Crippen molar-refractivity contribution in [1.82, 2.24) is 9.78 Å². The molecule has 2 rings (SSSR count). The second-order valence-electron chi connectivity index (χ2n) is 5.38. The lowest BCUT2D eigenvalue weighted by Gasteiger charge is -2.16. The smallest absolute Gasteiger partial charge is 0.387 e. The number of ether oxygens (including phenoxy) is 1. The number of carbonyl (C=O) groups excluding carboxylic acids is 1. The van der Waals surface area contributed by atoms with E-state index in [1.165, 1.54) is 26.0 Å². The minimum Gasteiger partial charge on any atom is -0.433 e. The Hall–Kier alpha value is -3.04. The van der Waals surface area contributed by atoms with Gasteiger partial charge in [-0.15, -0.1) is 0 Å². The van der Waals surface area contributed by atoms with Crippen LogP contribution in [0.5, 0.6) is 5.75 Å². The summed E-state index contributed by atoms with van der Waals surface area (Å²) in [6, 6.07) is 3.48. The first-order chi connectivity index (χ1) is 11.7. The van der Waals surface area contributed by atoms with Crippen molar-refractivity contribution in [2.24, 2.45) is 0 Å². The van der Waals surface area contributed by atoms with Crippen molar-refractivity contribution in [2.75, 3.05) is 5.32 Å². The number of alkyl halides is 2. The molecule has 1 atom stereocenters. The van der Waals surface area contributed by atoms with Gasteiger partial charge in [0.15, 0.2) is 0 Å². The van der Waals surface area contributed by atoms with E-state index in [1.807, 2.05) is 0 Å². The Kier molecular flexibility index (Phi) is 5.30. The van der Waals surface area contributed by atoms with Crippen LogP contribution in [-0.2, 0) is 4.79 Å². The summed E-state index contributed by atoms with van der Waals surface area (Å²) in [4.78, 5) is 22.6. The Morgan fingerprint density at radius 1 is 1.40 bits per heavy atom. The molecule has 8 nitrogen and oxygen atoms in total. The molecule has 25 heavy (non-hydrogen) atoms. The van der Waals surface area contributed by atoms with Gasteiger partial charge < -0.3 is 10.1 Å². The maximum absolute atomic E-state index is 12.5. The Balaban J connectivity index is 2.23. The van der Waals surface area contributed by atoms with Gasteiger partial charge >= 0.3 is 12.3 Å². The zero-order valence-electron chi connectivity index (χ0n) is 13.7. The molecule has 134 valence electrons. The fraction of sp³-hybridized carbons (Fsp3) is 0.333. The largest absolute Gasteiger partial charge is 0.433 e. The number of halogens is 2. The molecule has 0 radical (unpaired) electrons. The number of benzene rings is 1. The number of anilines is 1. The van der Waals surface area contributed by atoms with Crippen molar-refractivity contribution in [2.45, 2.75) is 33.4 Å². The highest BCUT2D eigenvalue weighted by molar-refractivity contribution is 5.94. The van der Waals surface area contributed by atoms with Crippen LogP contribution in [0.1, 0.15) is 24.2 Å². The molecule has 0 bridgehead atoms. The summed E-state index contributed by atoms with van der Waals surface area (Å²) in [6.45, 7) is 1.63. The fourth-order valence-electron chi connectivity index (χ4n) is 2.15. The first-order valence-electron chi connectivity index (χ1n) is 7.25. The second kappa shape index (κ2) is 7.24. The molecule has 0 aliphatic heterocycles. The van der Waals surface area contributed by atoms with E-state index in [4.69, 9.17) is 0 Å². The predicted molar refractivity (Wildman–Crippen MR) is 84.8 cm³/mol. The second-order valence-corrected chi connectivity index (χ2v) is 5.38. The number of aryl methyl sites for hydroxylation is 2. The number of nitrogens with one attached hydrogen (secondary N) is 1. The van der Waals surface area contributed by atoms with Crippen molar-refractivity contribution < 1.29 is 23.2 Å². The monoisotopic (exact) mass is 354 g/mol. The normalized spacial score (nSPS) is 12.1. The molecule has 0 aliphatic carbocycles. The molecule has 0 spiro atoms. The van der Waals surface area contributed by atoms with Crippen molar-refractivity contribution in [3.8, 4) is 5.75 Å². The van der Waals surface area contributed by atoms with Gasteiger partial charge in [0.25, 0.3) is 0 Å². The standard InChI is InChI=1S/C15H16F2N4O4/c1-8-4-5-13(25-15(16)17)11(6-8)18-14(22)10(3)20-7-12(21(23)24)9(2)19-20/h4-7,10,15H,1-3H3,(H,18,22). The Bertz CT molecular complexity index is 807. The van der Waals surface area contributed by atoms with Crippen molar-refractivity contribution in [3.05, 3.63) is 45.8 Å². The third-order valence-corrected chi connectivity index (χ3v) is 3.47. The maximum Gasteiger partial charge on any atom is 0.387 e. The topological polar surface area (TPSA) is 99.3 Å². The summed E-state index contributed by atoms with van der Waals surface area (Å²) in [5, 5.41) is 17.3. The van der Waals surface area contributed by atoms with Crippen LogP contribution in [0.2, 0.25) is 0 Å². The third kappa shape index (κ3) is 4.28. The van der Waals surface area contributed by atoms with Gasteiger partial charge in [-0.2, -0.15) is 13.9 Å². The average Bonchev–Trinajstić information content (AvgIpc) is 2.91. The van der Waals surface area contributed by atoms with E-state index >= 15 is 0 Å². The highest BCUT2D eigenvalue weighted by atomic mass is 19.3. The summed E-state index contributed by atoms with van der Waals surface area (Å²) in [5.41, 5.74) is 0.768. The summed E-state index contributed by atoms with van der Waals surface area (Å²) >= 11 is 0. The predicted octanol–water partition coefficient (Wildman–Crippen LogP) is 3.21. The lowest BCUT2D eigenvalue weighted by molar-refractivity contribution is -0.385. The van der Waals surface area contributed by atoms with Crippen LogP contribution in [-0.4, -0.2) is 27.2 Å². The van der Waals surface area contributed by atoms with Crippen LogP contribution in [0.4, 0.5) is 20.2 Å². The number of nitrogens with zero attached hydrogens (tertiary/aromatic N) is 3. The van der Waals surface area contributed by atoms with Gasteiger partial charge in [-0.05, 0) is 38.5 Å². The molecule has 1 N–H and O–H groups in total. The third-order valence-electron chi connectivity index (χ3n) is 3.47. The van der Waals surface area contributed by atoms with E-state index in [1.54, 1.807) is 13.0 Å². The Morgan fingerprint density at radius 2 is 2.08 bits per heavy atom. The molecule has 1 heterocycles. The molecule has 0 aliphatic rings. The Morgan fingerprint density at radius 3 is 2.64 bits per heavy atom. The van der Waals surface area contributed by atoms with E-state index in [2.05, 4.69) is 15.2 Å². The van der Waals surface area contributed by atoms with E-state index < -0.39 is 23.5 Å². The molecule has 0 saturated heterocycles. The van der Waals surface area contributed by atoms with Gasteiger partial charge in [-0.1, -0.05) is 6.07 Å². The molecule has 0 fully saturated rings. The summed E-state index contributed by atoms with van der Waals surface area (Å²) in [5.74, 6) is -0.758. The lowest BCUT2D eigenvalue weighted by Crippen LogP contribution is -2.24. The molecule has 10 heteroatoms. The molecule has 1 aromatic carbocycles. The van der Waals surface area contributed by atoms with Crippen molar-refractivity contribution >= 4 is 17.3 Å². The zero-order chi connectivity index (χ0) is 18.7. The van der Waals surface area contributed by atoms with Crippen LogP contribution >= 0.6 is 0 Å². The SMILES string of the molecule is Cc1ccc(OC(F)F)c(NC(=O)C(C)n2cc([N+](=O)[O-])c(C)n2)c1. The number of hydrogen-bond donors (Lipinski definition) is 1. The minimum absolute atomic E-state index is 0.0792. The molecule has 1 amide bonds. The number of carbonyl (C=O) groups is 1. The van der Waals surface area contributed by atoms with Gasteiger partial charge in [0, 0.05) is 0 Å². The van der Waals surface area contributed by atoms with Crippen LogP contribution in [0, 0.1) is 24.0 Å².